The molecule has 10 heterocycles. The molecule has 27 heteroatoms. The third kappa shape index (κ3) is 13.1. The first kappa shape index (κ1) is 56.3. The van der Waals surface area contributed by atoms with Gasteiger partial charge in [-0.25, -0.2) is 14.8 Å². The summed E-state index contributed by atoms with van der Waals surface area (Å²) in [5.41, 5.74) is 6.56. The number of nitrogens with zero attached hydrogens (tertiary/aromatic N) is 9. The van der Waals surface area contributed by atoms with Gasteiger partial charge in [0.1, 0.15) is 31.2 Å². The van der Waals surface area contributed by atoms with Crippen LogP contribution in [-0.2, 0) is 31.3 Å². The minimum absolute atomic E-state index is 0.0850. The zero-order valence-electron chi connectivity index (χ0n) is 43.4. The van der Waals surface area contributed by atoms with Gasteiger partial charge in [0.25, 0.3) is 0 Å². The number of benzene rings is 2. The van der Waals surface area contributed by atoms with E-state index in [9.17, 15) is 31.1 Å². The highest BCUT2D eigenvalue weighted by atomic mass is 35.5. The summed E-state index contributed by atoms with van der Waals surface area (Å²) in [5, 5.41) is 6.64. The van der Waals surface area contributed by atoms with Gasteiger partial charge in [-0.05, 0) is 76.9 Å². The molecule has 4 fully saturated rings. The largest absolute Gasteiger partial charge is 0.474 e. The maximum Gasteiger partial charge on any atom is 0.416 e. The molecular weight excluding hydrogens is 1100 g/mol. The average Bonchev–Trinajstić information content (AvgIpc) is 4.25. The van der Waals surface area contributed by atoms with Gasteiger partial charge in [0, 0.05) is 43.3 Å². The fourth-order valence-corrected chi connectivity index (χ4v) is 10.3. The Morgan fingerprint density at radius 3 is 1.85 bits per heavy atom. The second kappa shape index (κ2) is 22.5. The normalized spacial score (nSPS) is 21.1. The van der Waals surface area contributed by atoms with E-state index in [1.807, 2.05) is 27.7 Å². The van der Waals surface area contributed by atoms with Crippen molar-refractivity contribution in [1.82, 2.24) is 29.9 Å². The number of amides is 2. The van der Waals surface area contributed by atoms with Gasteiger partial charge in [-0.1, -0.05) is 47.5 Å². The molecule has 4 saturated heterocycles. The van der Waals surface area contributed by atoms with Gasteiger partial charge in [-0.3, -0.25) is 20.2 Å². The lowest BCUT2D eigenvalue weighted by Crippen LogP contribution is -2.48. The smallest absolute Gasteiger partial charge is 0.416 e. The number of nitrogen functional groups attached to an aromatic ring is 1. The number of carbonyl (C=O) groups is 1. The van der Waals surface area contributed by atoms with Crippen LogP contribution in [0.5, 0.6) is 11.8 Å². The lowest BCUT2D eigenvalue weighted by Gasteiger charge is -2.36. The number of aromatic nitrogens is 6. The first-order chi connectivity index (χ1) is 37.9. The van der Waals surface area contributed by atoms with Crippen molar-refractivity contribution in [3.63, 3.8) is 0 Å². The Balaban J connectivity index is 0.000000154. The maximum atomic E-state index is 13.6. The molecule has 6 aromatic rings. The van der Waals surface area contributed by atoms with Gasteiger partial charge in [0.05, 0.1) is 88.0 Å². The molecule has 2 amide bonds. The molecule has 2 aromatic carbocycles. The van der Waals surface area contributed by atoms with E-state index in [2.05, 4.69) is 50.3 Å². The zero-order chi connectivity index (χ0) is 56.7. The van der Waals surface area contributed by atoms with E-state index in [1.165, 1.54) is 47.9 Å². The van der Waals surface area contributed by atoms with Crippen LogP contribution in [0.1, 0.15) is 51.7 Å². The molecule has 12 rings (SSSR count). The zero-order valence-corrected chi connectivity index (χ0v) is 45.0. The number of rotatable bonds is 9. The molecule has 0 radical (unpaired) electrons. The van der Waals surface area contributed by atoms with Crippen molar-refractivity contribution in [2.75, 3.05) is 83.7 Å². The van der Waals surface area contributed by atoms with E-state index in [1.54, 1.807) is 18.2 Å². The van der Waals surface area contributed by atoms with Crippen LogP contribution in [0.15, 0.2) is 85.5 Å². The van der Waals surface area contributed by atoms with Crippen molar-refractivity contribution in [3.8, 4) is 34.3 Å². The number of fused-ring (bicyclic) bond motifs is 8. The fraction of sp³-hybridized carbons (Fsp3) is 0.415. The summed E-state index contributed by atoms with van der Waals surface area (Å²) in [5.74, 6) is 0.856. The molecule has 6 aliphatic heterocycles. The van der Waals surface area contributed by atoms with E-state index in [4.69, 9.17) is 57.4 Å². The molecular formula is C53H54Cl2F6N12O7. The second-order valence-electron chi connectivity index (χ2n) is 20.3. The van der Waals surface area contributed by atoms with Crippen molar-refractivity contribution in [2.24, 2.45) is 0 Å². The number of halogens is 8. The van der Waals surface area contributed by atoms with Gasteiger partial charge >= 0.3 is 18.4 Å². The highest BCUT2D eigenvalue weighted by Gasteiger charge is 2.42. The van der Waals surface area contributed by atoms with Crippen LogP contribution >= 0.6 is 23.2 Å². The molecule has 80 heavy (non-hydrogen) atoms. The molecule has 4 atom stereocenters. The summed E-state index contributed by atoms with van der Waals surface area (Å²) in [4.78, 5) is 44.8. The average molecular weight is 1160 g/mol. The van der Waals surface area contributed by atoms with Gasteiger partial charge in [-0.15, -0.1) is 0 Å². The van der Waals surface area contributed by atoms with Gasteiger partial charge in [-0.2, -0.15) is 36.3 Å². The van der Waals surface area contributed by atoms with Crippen molar-refractivity contribution < 1.29 is 59.6 Å². The van der Waals surface area contributed by atoms with Crippen LogP contribution in [0.4, 0.5) is 65.8 Å². The number of alkyl halides is 6. The Hall–Kier alpha value is -7.03. The number of nitrogens with one attached hydrogen (secondary N) is 2. The Morgan fingerprint density at radius 1 is 0.725 bits per heavy atom. The van der Waals surface area contributed by atoms with Crippen LogP contribution in [0.3, 0.4) is 0 Å². The van der Waals surface area contributed by atoms with E-state index in [0.29, 0.717) is 90.7 Å². The van der Waals surface area contributed by atoms with Crippen LogP contribution in [0.2, 0.25) is 10.0 Å². The van der Waals surface area contributed by atoms with Crippen molar-refractivity contribution in [3.05, 3.63) is 107 Å². The summed E-state index contributed by atoms with van der Waals surface area (Å²) in [6.07, 6.45) is -1.79. The van der Waals surface area contributed by atoms with Crippen molar-refractivity contribution >= 4 is 63.9 Å². The van der Waals surface area contributed by atoms with Crippen LogP contribution in [-0.4, -0.2) is 124 Å². The Kier molecular flexibility index (Phi) is 15.8. The molecule has 0 saturated carbocycles. The lowest BCUT2D eigenvalue weighted by atomic mass is 10.1. The number of hydrogen-bond donors (Lipinski definition) is 3. The summed E-state index contributed by atoms with van der Waals surface area (Å²) >= 11 is 12.8. The Morgan fingerprint density at radius 2 is 1.27 bits per heavy atom. The number of urea groups is 1. The number of hydrogen-bond acceptors (Lipinski definition) is 17. The Labute approximate surface area is 465 Å². The first-order valence-corrected chi connectivity index (χ1v) is 26.1. The fourth-order valence-electron chi connectivity index (χ4n) is 9.82. The molecule has 424 valence electrons. The Bertz CT molecular complexity index is 3250. The lowest BCUT2D eigenvalue weighted by molar-refractivity contribution is -0.142. The minimum Gasteiger partial charge on any atom is -0.474 e. The number of ether oxygens (including phenoxy) is 6. The molecule has 0 spiro atoms. The predicted octanol–water partition coefficient (Wildman–Crippen LogP) is 10.4. The second-order valence-corrected chi connectivity index (χ2v) is 21.1. The maximum absolute atomic E-state index is 13.6. The van der Waals surface area contributed by atoms with E-state index in [0.717, 1.165) is 49.5 Å². The summed E-state index contributed by atoms with van der Waals surface area (Å²) in [6, 6.07) is 12.9. The molecule has 0 aliphatic carbocycles. The van der Waals surface area contributed by atoms with Crippen LogP contribution < -0.4 is 40.5 Å². The van der Waals surface area contributed by atoms with Gasteiger partial charge in [0.15, 0.2) is 29.0 Å². The quantitative estimate of drug-likeness (QED) is 0.115. The van der Waals surface area contributed by atoms with E-state index < -0.39 is 41.1 Å². The molecule has 0 unspecified atom stereocenters. The molecule has 6 aliphatic rings. The molecule has 4 aromatic heterocycles. The molecule has 19 nitrogen and oxygen atoms in total. The predicted molar refractivity (Wildman–Crippen MR) is 285 cm³/mol. The summed E-state index contributed by atoms with van der Waals surface area (Å²) < 4.78 is 112. The van der Waals surface area contributed by atoms with E-state index in [-0.39, 0.29) is 52.8 Å². The van der Waals surface area contributed by atoms with Gasteiger partial charge in [0.2, 0.25) is 11.8 Å². The summed E-state index contributed by atoms with van der Waals surface area (Å²) in [7, 11) is 0. The van der Waals surface area contributed by atoms with Gasteiger partial charge < -0.3 is 49.3 Å². The van der Waals surface area contributed by atoms with Crippen LogP contribution in [0.25, 0.3) is 22.5 Å². The standard InChI is InChI=1S/C27H26ClF3N6O4.C16H13ClF3N3.C10H15N3O3/c1-26(2)40-14-18(41-26)13-39-22-11-32-10-21(33-22)34-25(38)37-17-6-7-36(12-17)20-9-19(28)23(35-24(20)37)15-4-3-5-16(8-15)27(29,30)31;17-12-7-13-15(21-11-4-5-23(13)8-11)22-14(12)9-2-1-3-10(6-9)16(18,19)20;1-10(2)15-6-7(16-10)5-14-9-4-12-3-8(11)13-9/h3-5,8-11,17-18H,6-7,12-14H2,1-2H3,(H,33,34,38);1-3,6-7,11H,4-5,8H2,(H,21,22);3-4,7H,5-6H2,1-2H3,(H2,11,13)/t17-,18+;11-;7-/m001/s1. The molecule has 4 bridgehead atoms. The third-order valence-electron chi connectivity index (χ3n) is 13.5. The van der Waals surface area contributed by atoms with Crippen LogP contribution in [0, 0.1) is 0 Å². The summed E-state index contributed by atoms with van der Waals surface area (Å²) in [6.45, 7) is 11.9. The van der Waals surface area contributed by atoms with Crippen molar-refractivity contribution in [2.45, 2.75) is 88.8 Å². The SMILES string of the molecule is CC1(C)OC[C@@H](COc2cncc(N)n2)O1.CC1(C)OC[C@@H](COc2cncc(NC(=O)N3c4nc(-c5cccc(C(F)(F)F)c5)c(Cl)cc4N4CC[C@H]3C4)n2)O1.FC(F)(F)c1cccc(-c2nc3c(cc2Cl)N2CC[C@@H](C2)N3)c1. The third-order valence-corrected chi connectivity index (χ3v) is 14.0. The number of pyridine rings is 2. The van der Waals surface area contributed by atoms with Crippen molar-refractivity contribution in [1.29, 1.82) is 0 Å². The number of anilines is 6. The highest BCUT2D eigenvalue weighted by Crippen LogP contribution is 2.45. The topological polar surface area (TPSA) is 210 Å². The minimum atomic E-state index is -4.53. The monoisotopic (exact) mass is 1150 g/mol. The highest BCUT2D eigenvalue weighted by molar-refractivity contribution is 6.34. The first-order valence-electron chi connectivity index (χ1n) is 25.4. The molecule has 4 N–H and O–H groups in total. The number of nitrogens with two attached hydrogens (primary N) is 1. The number of carbonyl (C=O) groups excluding carboxylic acids is 1. The van der Waals surface area contributed by atoms with E-state index >= 15 is 0 Å².